The smallest absolute Gasteiger partial charge is 0.319 e. The van der Waals surface area contributed by atoms with Crippen LogP contribution in [0.1, 0.15) is 44.6 Å². The number of aryl methyl sites for hydroxylation is 1. The molecule has 4 aromatic rings. The summed E-state index contributed by atoms with van der Waals surface area (Å²) in [6, 6.07) is 9.68. The van der Waals surface area contributed by atoms with E-state index in [0.717, 1.165) is 55.0 Å². The third-order valence-corrected chi connectivity index (χ3v) is 10.8. The fraction of sp³-hybridized carbons (Fsp3) is 0.500. The maximum absolute atomic E-state index is 17.0. The van der Waals surface area contributed by atoms with Crippen LogP contribution in [0.3, 0.4) is 0 Å². The van der Waals surface area contributed by atoms with Gasteiger partial charge in [0, 0.05) is 37.2 Å². The van der Waals surface area contributed by atoms with E-state index < -0.39 is 17.5 Å². The van der Waals surface area contributed by atoms with Crippen molar-refractivity contribution in [3.63, 3.8) is 0 Å². The van der Waals surface area contributed by atoms with Crippen molar-refractivity contribution in [3.05, 3.63) is 41.7 Å². The molecule has 5 aliphatic rings. The molecule has 2 N–H and O–H groups in total. The first kappa shape index (κ1) is 27.5. The zero-order chi connectivity index (χ0) is 30.4. The van der Waals surface area contributed by atoms with Gasteiger partial charge < -0.3 is 24.8 Å². The van der Waals surface area contributed by atoms with Gasteiger partial charge in [-0.25, -0.2) is 13.8 Å². The van der Waals surface area contributed by atoms with E-state index in [0.29, 0.717) is 48.9 Å². The number of alkyl halides is 1. The number of halogens is 2. The lowest BCUT2D eigenvalue weighted by atomic mass is 9.95. The number of rotatable bonds is 5. The van der Waals surface area contributed by atoms with Gasteiger partial charge in [0.05, 0.1) is 11.6 Å². The third kappa shape index (κ3) is 4.19. The van der Waals surface area contributed by atoms with E-state index in [-0.39, 0.29) is 47.5 Å². The fourth-order valence-corrected chi connectivity index (χ4v) is 8.78. The van der Waals surface area contributed by atoms with Crippen LogP contribution in [0, 0.1) is 5.82 Å². The second-order valence-electron chi connectivity index (χ2n) is 13.4. The molecule has 0 aliphatic carbocycles. The van der Waals surface area contributed by atoms with Crippen molar-refractivity contribution in [1.29, 1.82) is 0 Å². The molecule has 0 saturated carbocycles. The van der Waals surface area contributed by atoms with Crippen LogP contribution in [0.5, 0.6) is 17.6 Å². The zero-order valence-corrected chi connectivity index (χ0v) is 25.2. The number of hydrogen-bond acceptors (Lipinski definition) is 9. The van der Waals surface area contributed by atoms with Crippen LogP contribution in [0.4, 0.5) is 14.6 Å². The lowest BCUT2D eigenvalue weighted by molar-refractivity contribution is 0.107. The molecule has 9 nitrogen and oxygen atoms in total. The largest absolute Gasteiger partial charge is 0.508 e. The number of pyridine rings is 1. The summed E-state index contributed by atoms with van der Waals surface area (Å²) in [5, 5.41) is 16.5. The van der Waals surface area contributed by atoms with E-state index >= 15 is 4.39 Å². The van der Waals surface area contributed by atoms with Crippen molar-refractivity contribution in [2.24, 2.45) is 0 Å². The first-order valence-corrected chi connectivity index (χ1v) is 16.2. The monoisotopic (exact) mass is 614 g/mol. The van der Waals surface area contributed by atoms with Gasteiger partial charge in [-0.05, 0) is 67.1 Å². The minimum absolute atomic E-state index is 0.0187. The van der Waals surface area contributed by atoms with Crippen LogP contribution in [0.25, 0.3) is 32.9 Å². The number of hydrogen-bond donors (Lipinski definition) is 2. The van der Waals surface area contributed by atoms with Crippen molar-refractivity contribution < 1.29 is 23.4 Å². The van der Waals surface area contributed by atoms with Crippen LogP contribution >= 0.6 is 0 Å². The Balaban J connectivity index is 1.24. The van der Waals surface area contributed by atoms with Gasteiger partial charge >= 0.3 is 6.01 Å². The number of anilines is 1. The highest BCUT2D eigenvalue weighted by Gasteiger charge is 2.50. The van der Waals surface area contributed by atoms with E-state index in [9.17, 15) is 9.50 Å². The molecule has 0 unspecified atom stereocenters. The summed E-state index contributed by atoms with van der Waals surface area (Å²) in [7, 11) is 0. The van der Waals surface area contributed by atoms with E-state index in [2.05, 4.69) is 20.1 Å². The highest BCUT2D eigenvalue weighted by Crippen LogP contribution is 2.45. The topological polar surface area (TPSA) is 95.9 Å². The second kappa shape index (κ2) is 10.1. The normalized spacial score (nSPS) is 28.7. The van der Waals surface area contributed by atoms with Crippen molar-refractivity contribution in [2.45, 2.75) is 75.3 Å². The zero-order valence-electron chi connectivity index (χ0n) is 25.2. The Kier molecular flexibility index (Phi) is 6.16. The predicted octanol–water partition coefficient (Wildman–Crippen LogP) is 4.91. The van der Waals surface area contributed by atoms with Crippen molar-refractivity contribution in [1.82, 2.24) is 25.2 Å². The Morgan fingerprint density at radius 3 is 2.96 bits per heavy atom. The van der Waals surface area contributed by atoms with Gasteiger partial charge in [0.25, 0.3) is 0 Å². The van der Waals surface area contributed by atoms with Crippen LogP contribution in [0.15, 0.2) is 30.3 Å². The number of benzene rings is 2. The summed E-state index contributed by atoms with van der Waals surface area (Å²) in [5.41, 5.74) is 1.24. The number of nitrogens with one attached hydrogen (secondary N) is 1. The number of phenolic OH excluding ortho intramolecular Hbond substituents is 1. The SMILES string of the molecule is CCc1cccc2cc(O)cc(-c3nc4c5c(nc(OC[C@]67CCCN6C[C@H](F)C7)nc5c3F)N3C[C@@H]5CC[C@@H](N5)[C@H]3CO4)c12. The molecule has 0 radical (unpaired) electrons. The Morgan fingerprint density at radius 1 is 1.16 bits per heavy atom. The molecular formula is C34H36F2N6O3. The summed E-state index contributed by atoms with van der Waals surface area (Å²) in [5.74, 6) is 0.240. The maximum Gasteiger partial charge on any atom is 0.319 e. The molecule has 4 fully saturated rings. The Morgan fingerprint density at radius 2 is 2.07 bits per heavy atom. The number of phenols is 1. The standard InChI is InChI=1S/C34H36F2N6O3/c1-2-18-5-3-6-19-11-22(43)12-23(26(18)19)29-28(36)30-27-31(42-15-21-7-8-24(37-21)25(42)16-44-32(27)38-29)40-33(39-30)45-17-34-9-4-10-41(34)14-20(35)13-34/h3,5-6,11-12,20-21,24-25,37,43H,2,4,7-10,13-17H2,1H3/t20-,21+,24-,25-,34-/m1/s1. The van der Waals surface area contributed by atoms with Gasteiger partial charge in [0.1, 0.15) is 47.5 Å². The van der Waals surface area contributed by atoms with Gasteiger partial charge in [0.15, 0.2) is 5.82 Å². The molecule has 2 aromatic carbocycles. The average molecular weight is 615 g/mol. The van der Waals surface area contributed by atoms with E-state index in [1.54, 1.807) is 12.1 Å². The van der Waals surface area contributed by atoms with Gasteiger partial charge in [-0.1, -0.05) is 25.1 Å². The molecule has 9 rings (SSSR count). The lowest BCUT2D eigenvalue weighted by Crippen LogP contribution is -2.60. The van der Waals surface area contributed by atoms with Gasteiger partial charge in [-0.3, -0.25) is 4.90 Å². The van der Waals surface area contributed by atoms with Gasteiger partial charge in [-0.2, -0.15) is 9.97 Å². The maximum atomic E-state index is 17.0. The van der Waals surface area contributed by atoms with Gasteiger partial charge in [0.2, 0.25) is 5.88 Å². The summed E-state index contributed by atoms with van der Waals surface area (Å²) >= 11 is 0. The number of fused-ring (bicyclic) bond motifs is 7. The summed E-state index contributed by atoms with van der Waals surface area (Å²) in [6.07, 6.45) is 4.18. The highest BCUT2D eigenvalue weighted by atomic mass is 19.1. The predicted molar refractivity (Wildman–Crippen MR) is 166 cm³/mol. The fourth-order valence-electron chi connectivity index (χ4n) is 8.78. The average Bonchev–Trinajstić information content (AvgIpc) is 3.67. The molecule has 2 bridgehead atoms. The van der Waals surface area contributed by atoms with E-state index in [4.69, 9.17) is 19.4 Å². The number of aromatic nitrogens is 3. The highest BCUT2D eigenvalue weighted by molar-refractivity contribution is 6.03. The summed E-state index contributed by atoms with van der Waals surface area (Å²) < 4.78 is 44.3. The van der Waals surface area contributed by atoms with Crippen molar-refractivity contribution in [3.8, 4) is 28.9 Å². The molecule has 0 amide bonds. The third-order valence-electron chi connectivity index (χ3n) is 10.8. The molecular weight excluding hydrogens is 578 g/mol. The van der Waals surface area contributed by atoms with E-state index in [1.165, 1.54) is 0 Å². The number of ether oxygens (including phenoxy) is 2. The second-order valence-corrected chi connectivity index (χ2v) is 13.4. The molecule has 5 aliphatic heterocycles. The first-order chi connectivity index (χ1) is 21.9. The molecule has 4 saturated heterocycles. The Labute approximate surface area is 259 Å². The minimum atomic E-state index is -0.885. The molecule has 5 atom stereocenters. The van der Waals surface area contributed by atoms with Crippen molar-refractivity contribution in [2.75, 3.05) is 37.7 Å². The molecule has 45 heavy (non-hydrogen) atoms. The van der Waals surface area contributed by atoms with Crippen LogP contribution in [-0.2, 0) is 6.42 Å². The molecule has 2 aromatic heterocycles. The number of piperazine rings is 1. The Bertz CT molecular complexity index is 1860. The quantitative estimate of drug-likeness (QED) is 0.325. The molecule has 0 spiro atoms. The van der Waals surface area contributed by atoms with Crippen molar-refractivity contribution >= 4 is 27.5 Å². The Hall–Kier alpha value is -3.83. The molecule has 234 valence electrons. The van der Waals surface area contributed by atoms with Crippen LogP contribution < -0.4 is 19.7 Å². The molecule has 11 heteroatoms. The summed E-state index contributed by atoms with van der Waals surface area (Å²) in [6.45, 7) is 4.63. The van der Waals surface area contributed by atoms with Crippen LogP contribution in [-0.4, -0.2) is 87.6 Å². The van der Waals surface area contributed by atoms with Crippen LogP contribution in [0.2, 0.25) is 0 Å². The first-order valence-electron chi connectivity index (χ1n) is 16.2. The minimum Gasteiger partial charge on any atom is -0.508 e. The number of nitrogens with zero attached hydrogens (tertiary/aromatic N) is 5. The number of aromatic hydroxyl groups is 1. The summed E-state index contributed by atoms with van der Waals surface area (Å²) in [4.78, 5) is 18.8. The van der Waals surface area contributed by atoms with E-state index in [1.807, 2.05) is 25.1 Å². The molecule has 7 heterocycles. The van der Waals surface area contributed by atoms with Gasteiger partial charge in [-0.15, -0.1) is 0 Å². The lowest BCUT2D eigenvalue weighted by Gasteiger charge is -2.40.